The summed E-state index contributed by atoms with van der Waals surface area (Å²) in [6.45, 7) is 5.07. The van der Waals surface area contributed by atoms with Crippen LogP contribution in [0.5, 0.6) is 5.75 Å². The maximum atomic E-state index is 13.0. The Balaban J connectivity index is 1.35. The number of Topliss-reactive ketones (excluding diaryl/α,β-unsaturated/α-hetero) is 1. The molecule has 0 saturated carbocycles. The first-order chi connectivity index (χ1) is 14.7. The van der Waals surface area contributed by atoms with E-state index in [2.05, 4.69) is 35.4 Å². The molecule has 4 nitrogen and oxygen atoms in total. The molecule has 0 radical (unpaired) electrons. The minimum atomic E-state index is -0.0308. The molecular weight excluding hydrogens is 372 g/mol. The lowest BCUT2D eigenvalue weighted by atomic mass is 9.90. The van der Waals surface area contributed by atoms with E-state index in [4.69, 9.17) is 4.74 Å². The number of carbonyl (C=O) groups is 1. The summed E-state index contributed by atoms with van der Waals surface area (Å²) in [7, 11) is 0. The van der Waals surface area contributed by atoms with Crippen LogP contribution < -0.4 is 10.1 Å². The number of hydrogen-bond donors (Lipinski definition) is 1. The van der Waals surface area contributed by atoms with Gasteiger partial charge < -0.3 is 10.1 Å². The van der Waals surface area contributed by atoms with Crippen LogP contribution in [0.4, 0.5) is 0 Å². The van der Waals surface area contributed by atoms with Crippen molar-refractivity contribution in [3.63, 3.8) is 0 Å². The van der Waals surface area contributed by atoms with Gasteiger partial charge in [-0.25, -0.2) is 0 Å². The first kappa shape index (κ1) is 19.3. The van der Waals surface area contributed by atoms with Crippen molar-refractivity contribution in [2.75, 3.05) is 13.1 Å². The maximum absolute atomic E-state index is 13.0. The van der Waals surface area contributed by atoms with Crippen LogP contribution >= 0.6 is 0 Å². The molecule has 30 heavy (non-hydrogen) atoms. The van der Waals surface area contributed by atoms with Gasteiger partial charge in [0.2, 0.25) is 5.78 Å². The molecule has 3 heterocycles. The number of nitrogens with zero attached hydrogens (tertiary/aromatic N) is 1. The summed E-state index contributed by atoms with van der Waals surface area (Å²) in [4.78, 5) is 17.6. The summed E-state index contributed by atoms with van der Waals surface area (Å²) in [5, 5.41) is 3.44. The number of aryl methyl sites for hydroxylation is 1. The molecule has 0 amide bonds. The number of allylic oxidation sites excluding steroid dienone is 2. The van der Waals surface area contributed by atoms with E-state index in [9.17, 15) is 4.79 Å². The third kappa shape index (κ3) is 3.61. The van der Waals surface area contributed by atoms with E-state index in [1.54, 1.807) is 0 Å². The normalized spacial score (nSPS) is 19.6. The van der Waals surface area contributed by atoms with Crippen LogP contribution in [0.1, 0.15) is 58.3 Å². The number of rotatable bonds is 5. The first-order valence-corrected chi connectivity index (χ1v) is 11.1. The predicted octanol–water partition coefficient (Wildman–Crippen LogP) is 4.78. The van der Waals surface area contributed by atoms with E-state index in [-0.39, 0.29) is 5.78 Å². The molecule has 0 aliphatic carbocycles. The average Bonchev–Trinajstić information content (AvgIpc) is 3.32. The minimum absolute atomic E-state index is 0.0308. The lowest BCUT2D eigenvalue weighted by Gasteiger charge is -2.22. The SMILES string of the molecule is Cc1ccc2c(c1CCCC1CCNCC1)O/C(=C\C1=NCc3ccccc31)C2=O. The van der Waals surface area contributed by atoms with Gasteiger partial charge in [0.15, 0.2) is 5.76 Å². The van der Waals surface area contributed by atoms with E-state index in [0.717, 1.165) is 48.9 Å². The minimum Gasteiger partial charge on any atom is -0.452 e. The summed E-state index contributed by atoms with van der Waals surface area (Å²) < 4.78 is 6.17. The van der Waals surface area contributed by atoms with Gasteiger partial charge in [0, 0.05) is 11.6 Å². The average molecular weight is 401 g/mol. The second-order valence-electron chi connectivity index (χ2n) is 8.62. The predicted molar refractivity (Wildman–Crippen MR) is 119 cm³/mol. The Hall–Kier alpha value is -2.72. The monoisotopic (exact) mass is 400 g/mol. The Bertz CT molecular complexity index is 1040. The number of fused-ring (bicyclic) bond motifs is 2. The highest BCUT2D eigenvalue weighted by Gasteiger charge is 2.31. The standard InChI is InChI=1S/C26H28N2O2/c1-17-9-10-22-25(29)24(15-23-21-7-3-2-6-19(21)16-28-23)30-26(22)20(17)8-4-5-18-11-13-27-14-12-18/h2-3,6-7,9-10,15,18,27H,4-5,8,11-14,16H2,1H3/b24-15-. The van der Waals surface area contributed by atoms with Crippen molar-refractivity contribution in [2.24, 2.45) is 10.9 Å². The van der Waals surface area contributed by atoms with Crippen LogP contribution in [0, 0.1) is 12.8 Å². The van der Waals surface area contributed by atoms with Gasteiger partial charge in [0.1, 0.15) is 5.75 Å². The number of hydrogen-bond acceptors (Lipinski definition) is 4. The second-order valence-corrected chi connectivity index (χ2v) is 8.62. The third-order valence-electron chi connectivity index (χ3n) is 6.65. The zero-order chi connectivity index (χ0) is 20.5. The summed E-state index contributed by atoms with van der Waals surface area (Å²) >= 11 is 0. The van der Waals surface area contributed by atoms with Crippen molar-refractivity contribution in [3.05, 3.63) is 76.1 Å². The topological polar surface area (TPSA) is 50.7 Å². The zero-order valence-electron chi connectivity index (χ0n) is 17.5. The smallest absolute Gasteiger partial charge is 0.232 e. The van der Waals surface area contributed by atoms with Gasteiger partial charge in [-0.1, -0.05) is 36.8 Å². The molecule has 0 unspecified atom stereocenters. The van der Waals surface area contributed by atoms with Crippen molar-refractivity contribution in [3.8, 4) is 5.75 Å². The second kappa shape index (κ2) is 8.19. The largest absolute Gasteiger partial charge is 0.452 e. The summed E-state index contributed by atoms with van der Waals surface area (Å²) in [6, 6.07) is 12.1. The number of carbonyl (C=O) groups excluding carboxylic acids is 1. The molecule has 3 aliphatic rings. The van der Waals surface area contributed by atoms with Gasteiger partial charge >= 0.3 is 0 Å². The molecule has 0 bridgehead atoms. The van der Waals surface area contributed by atoms with Crippen molar-refractivity contribution in [2.45, 2.75) is 45.6 Å². The van der Waals surface area contributed by atoms with Crippen LogP contribution in [0.25, 0.3) is 0 Å². The fourth-order valence-electron chi connectivity index (χ4n) is 4.87. The molecule has 1 saturated heterocycles. The molecule has 154 valence electrons. The van der Waals surface area contributed by atoms with E-state index >= 15 is 0 Å². The van der Waals surface area contributed by atoms with Gasteiger partial charge in [0.25, 0.3) is 0 Å². The summed E-state index contributed by atoms with van der Waals surface area (Å²) in [5.74, 6) is 1.95. The lowest BCUT2D eigenvalue weighted by molar-refractivity contribution is 0.101. The van der Waals surface area contributed by atoms with Crippen LogP contribution in [0.2, 0.25) is 0 Å². The molecule has 0 aromatic heterocycles. The van der Waals surface area contributed by atoms with Crippen molar-refractivity contribution in [1.29, 1.82) is 0 Å². The molecular formula is C26H28N2O2. The molecule has 3 aliphatic heterocycles. The van der Waals surface area contributed by atoms with Gasteiger partial charge in [-0.3, -0.25) is 9.79 Å². The van der Waals surface area contributed by atoms with Crippen LogP contribution in [0.15, 0.2) is 53.2 Å². The van der Waals surface area contributed by atoms with Gasteiger partial charge in [-0.05, 0) is 74.4 Å². The maximum Gasteiger partial charge on any atom is 0.232 e. The van der Waals surface area contributed by atoms with Gasteiger partial charge in [-0.15, -0.1) is 0 Å². The molecule has 1 N–H and O–H groups in total. The summed E-state index contributed by atoms with van der Waals surface area (Å²) in [6.07, 6.45) is 7.72. The molecule has 2 aromatic carbocycles. The van der Waals surface area contributed by atoms with E-state index in [0.29, 0.717) is 17.9 Å². The van der Waals surface area contributed by atoms with Crippen molar-refractivity contribution in [1.82, 2.24) is 5.32 Å². The molecule has 1 fully saturated rings. The fourth-order valence-corrected chi connectivity index (χ4v) is 4.87. The van der Waals surface area contributed by atoms with Crippen LogP contribution in [-0.4, -0.2) is 24.6 Å². The van der Waals surface area contributed by atoms with Crippen LogP contribution in [0.3, 0.4) is 0 Å². The highest BCUT2D eigenvalue weighted by Crippen LogP contribution is 2.38. The molecule has 4 heteroatoms. The summed E-state index contributed by atoms with van der Waals surface area (Å²) in [5.41, 5.74) is 6.21. The number of nitrogens with one attached hydrogen (secondary N) is 1. The zero-order valence-corrected chi connectivity index (χ0v) is 17.5. The van der Waals surface area contributed by atoms with Crippen molar-refractivity contribution < 1.29 is 9.53 Å². The van der Waals surface area contributed by atoms with Crippen molar-refractivity contribution >= 4 is 11.5 Å². The number of piperidine rings is 1. The lowest BCUT2D eigenvalue weighted by Crippen LogP contribution is -2.27. The van der Waals surface area contributed by atoms with Gasteiger partial charge in [-0.2, -0.15) is 0 Å². The van der Waals surface area contributed by atoms with Gasteiger partial charge in [0.05, 0.1) is 17.8 Å². The van der Waals surface area contributed by atoms with Crippen LogP contribution in [-0.2, 0) is 13.0 Å². The quantitative estimate of drug-likeness (QED) is 0.735. The molecule has 5 rings (SSSR count). The highest BCUT2D eigenvalue weighted by atomic mass is 16.5. The Kier molecular flexibility index (Phi) is 5.26. The number of aliphatic imine (C=N–C) groups is 1. The number of ketones is 1. The molecule has 0 spiro atoms. The Morgan fingerprint density at radius 1 is 1.13 bits per heavy atom. The molecule has 2 aromatic rings. The third-order valence-corrected chi connectivity index (χ3v) is 6.65. The highest BCUT2D eigenvalue weighted by molar-refractivity contribution is 6.19. The van der Waals surface area contributed by atoms with E-state index in [1.807, 2.05) is 24.3 Å². The fraction of sp³-hybridized carbons (Fsp3) is 0.385. The molecule has 0 atom stereocenters. The first-order valence-electron chi connectivity index (χ1n) is 11.1. The van der Waals surface area contributed by atoms with E-state index in [1.165, 1.54) is 36.0 Å². The Morgan fingerprint density at radius 2 is 1.97 bits per heavy atom. The Morgan fingerprint density at radius 3 is 2.83 bits per heavy atom. The van der Waals surface area contributed by atoms with E-state index < -0.39 is 0 Å². The Labute approximate surface area is 178 Å². The number of ether oxygens (including phenoxy) is 1. The number of benzene rings is 2.